The molecule has 0 atom stereocenters. The van der Waals surface area contributed by atoms with E-state index >= 15 is 0 Å². The Morgan fingerprint density at radius 2 is 2.19 bits per heavy atom. The lowest BCUT2D eigenvalue weighted by atomic mass is 9.96. The second-order valence-electron chi connectivity index (χ2n) is 6.29. The second kappa shape index (κ2) is 6.69. The predicted molar refractivity (Wildman–Crippen MR) is 89.4 cm³/mol. The number of halogens is 1. The summed E-state index contributed by atoms with van der Waals surface area (Å²) < 4.78 is 0. The van der Waals surface area contributed by atoms with Crippen LogP contribution in [0.1, 0.15) is 54.9 Å². The van der Waals surface area contributed by atoms with Crippen molar-refractivity contribution < 1.29 is 4.79 Å². The quantitative estimate of drug-likeness (QED) is 0.869. The average molecular weight is 309 g/mol. The van der Waals surface area contributed by atoms with Gasteiger partial charge in [-0.2, -0.15) is 0 Å². The van der Waals surface area contributed by atoms with Gasteiger partial charge < -0.3 is 10.6 Å². The van der Waals surface area contributed by atoms with Crippen LogP contribution in [0.2, 0.25) is 0 Å². The Hall–Kier alpha value is -1.22. The van der Waals surface area contributed by atoms with E-state index in [9.17, 15) is 4.79 Å². The fraction of sp³-hybridized carbons (Fsp3) is 0.588. The van der Waals surface area contributed by atoms with E-state index in [1.807, 2.05) is 12.1 Å². The van der Waals surface area contributed by atoms with Gasteiger partial charge in [-0.1, -0.05) is 19.4 Å². The van der Waals surface area contributed by atoms with Gasteiger partial charge in [-0.05, 0) is 55.2 Å². The standard InChI is InChI=1S/C17H24N2O.ClH/c1-2-8-17(9-10-17)12-19-16(20)14-5-3-7-15-13(14)6-4-11-18-15;/h3,5,7,18H,2,4,6,8-12H2,1H3,(H,19,20);1H. The molecule has 0 saturated heterocycles. The summed E-state index contributed by atoms with van der Waals surface area (Å²) in [4.78, 5) is 12.5. The third kappa shape index (κ3) is 3.52. The van der Waals surface area contributed by atoms with Gasteiger partial charge in [0.25, 0.3) is 5.91 Å². The van der Waals surface area contributed by atoms with E-state index in [1.165, 1.54) is 31.2 Å². The molecule has 1 aliphatic carbocycles. The van der Waals surface area contributed by atoms with Gasteiger partial charge in [-0.25, -0.2) is 0 Å². The topological polar surface area (TPSA) is 41.1 Å². The molecule has 3 nitrogen and oxygen atoms in total. The highest BCUT2D eigenvalue weighted by Crippen LogP contribution is 2.48. The Balaban J connectivity index is 0.00000161. The minimum absolute atomic E-state index is 0. The van der Waals surface area contributed by atoms with Gasteiger partial charge in [0.15, 0.2) is 0 Å². The summed E-state index contributed by atoms with van der Waals surface area (Å²) in [7, 11) is 0. The number of nitrogens with one attached hydrogen (secondary N) is 2. The molecule has 0 unspecified atom stereocenters. The van der Waals surface area contributed by atoms with Gasteiger partial charge in [-0.15, -0.1) is 12.4 Å². The fourth-order valence-corrected chi connectivity index (χ4v) is 3.31. The molecule has 0 spiro atoms. The summed E-state index contributed by atoms with van der Waals surface area (Å²) in [5, 5.41) is 6.55. The van der Waals surface area contributed by atoms with E-state index < -0.39 is 0 Å². The molecule has 1 fully saturated rings. The summed E-state index contributed by atoms with van der Waals surface area (Å²) in [5.41, 5.74) is 3.61. The van der Waals surface area contributed by atoms with Gasteiger partial charge in [0, 0.05) is 24.3 Å². The van der Waals surface area contributed by atoms with Crippen LogP contribution in [0.25, 0.3) is 0 Å². The largest absolute Gasteiger partial charge is 0.385 e. The maximum atomic E-state index is 12.5. The molecule has 1 amide bonds. The molecule has 1 saturated carbocycles. The number of carbonyl (C=O) groups excluding carboxylic acids is 1. The molecular weight excluding hydrogens is 284 g/mol. The lowest BCUT2D eigenvalue weighted by Gasteiger charge is -2.21. The number of fused-ring (bicyclic) bond motifs is 1. The van der Waals surface area contributed by atoms with Gasteiger partial charge in [0.2, 0.25) is 0 Å². The van der Waals surface area contributed by atoms with Crippen LogP contribution < -0.4 is 10.6 Å². The zero-order valence-corrected chi connectivity index (χ0v) is 13.5. The van der Waals surface area contributed by atoms with E-state index in [0.717, 1.165) is 37.2 Å². The number of carbonyl (C=O) groups is 1. The first-order valence-corrected chi connectivity index (χ1v) is 7.88. The van der Waals surface area contributed by atoms with Crippen molar-refractivity contribution in [1.82, 2.24) is 5.32 Å². The van der Waals surface area contributed by atoms with E-state index in [1.54, 1.807) is 0 Å². The molecule has 1 aromatic rings. The van der Waals surface area contributed by atoms with E-state index in [4.69, 9.17) is 0 Å². The number of hydrogen-bond acceptors (Lipinski definition) is 2. The number of amides is 1. The molecule has 2 aliphatic rings. The third-order valence-electron chi connectivity index (χ3n) is 4.70. The van der Waals surface area contributed by atoms with Crippen LogP contribution in [0.4, 0.5) is 5.69 Å². The highest BCUT2D eigenvalue weighted by Gasteiger charge is 2.41. The first-order valence-electron chi connectivity index (χ1n) is 7.88. The molecule has 3 rings (SSSR count). The van der Waals surface area contributed by atoms with Crippen LogP contribution in [0.5, 0.6) is 0 Å². The zero-order valence-electron chi connectivity index (χ0n) is 12.7. The summed E-state index contributed by atoms with van der Waals surface area (Å²) >= 11 is 0. The van der Waals surface area contributed by atoms with Gasteiger partial charge in [0.05, 0.1) is 0 Å². The molecule has 1 aliphatic heterocycles. The van der Waals surface area contributed by atoms with Gasteiger partial charge in [0.1, 0.15) is 0 Å². The van der Waals surface area contributed by atoms with Crippen molar-refractivity contribution in [1.29, 1.82) is 0 Å². The highest BCUT2D eigenvalue weighted by molar-refractivity contribution is 5.97. The maximum absolute atomic E-state index is 12.5. The molecule has 0 bridgehead atoms. The predicted octanol–water partition coefficient (Wildman–Crippen LogP) is 3.78. The van der Waals surface area contributed by atoms with Gasteiger partial charge in [-0.3, -0.25) is 4.79 Å². The lowest BCUT2D eigenvalue weighted by Crippen LogP contribution is -2.31. The molecule has 0 radical (unpaired) electrons. The smallest absolute Gasteiger partial charge is 0.251 e. The summed E-state index contributed by atoms with van der Waals surface area (Å²) in [6.07, 6.45) is 7.11. The molecule has 2 N–H and O–H groups in total. The first kappa shape index (κ1) is 16.2. The number of rotatable bonds is 5. The van der Waals surface area contributed by atoms with Crippen molar-refractivity contribution in [2.75, 3.05) is 18.4 Å². The Bertz CT molecular complexity index is 512. The van der Waals surface area contributed by atoms with E-state index in [-0.39, 0.29) is 18.3 Å². The van der Waals surface area contributed by atoms with Crippen LogP contribution >= 0.6 is 12.4 Å². The van der Waals surface area contributed by atoms with Crippen LogP contribution in [-0.2, 0) is 6.42 Å². The van der Waals surface area contributed by atoms with E-state index in [0.29, 0.717) is 5.41 Å². The molecule has 4 heteroatoms. The molecule has 0 aromatic heterocycles. The number of hydrogen-bond donors (Lipinski definition) is 2. The van der Waals surface area contributed by atoms with Crippen molar-refractivity contribution in [2.24, 2.45) is 5.41 Å². The molecule has 1 heterocycles. The maximum Gasteiger partial charge on any atom is 0.251 e. The van der Waals surface area contributed by atoms with Crippen LogP contribution in [0, 0.1) is 5.41 Å². The summed E-state index contributed by atoms with van der Waals surface area (Å²) in [6, 6.07) is 6.01. The minimum Gasteiger partial charge on any atom is -0.385 e. The van der Waals surface area contributed by atoms with Crippen molar-refractivity contribution in [3.63, 3.8) is 0 Å². The monoisotopic (exact) mass is 308 g/mol. The molecular formula is C17H25ClN2O. The first-order chi connectivity index (χ1) is 9.74. The summed E-state index contributed by atoms with van der Waals surface area (Å²) in [5.74, 6) is 0.105. The van der Waals surface area contributed by atoms with Crippen LogP contribution in [0.15, 0.2) is 18.2 Å². The lowest BCUT2D eigenvalue weighted by molar-refractivity contribution is 0.0942. The Morgan fingerprint density at radius 1 is 1.38 bits per heavy atom. The van der Waals surface area contributed by atoms with Gasteiger partial charge >= 0.3 is 0 Å². The molecule has 21 heavy (non-hydrogen) atoms. The normalized spacial score (nSPS) is 18.0. The third-order valence-corrected chi connectivity index (χ3v) is 4.70. The van der Waals surface area contributed by atoms with E-state index in [2.05, 4.69) is 23.6 Å². The number of anilines is 1. The van der Waals surface area contributed by atoms with Crippen LogP contribution in [-0.4, -0.2) is 19.0 Å². The Labute approximate surface area is 133 Å². The second-order valence-corrected chi connectivity index (χ2v) is 6.29. The average Bonchev–Trinajstić information content (AvgIpc) is 3.25. The molecule has 116 valence electrons. The Morgan fingerprint density at radius 3 is 2.90 bits per heavy atom. The SMILES string of the molecule is CCCC1(CNC(=O)c2cccc3c2CCCN3)CC1.Cl. The Kier molecular flexibility index (Phi) is 5.15. The van der Waals surface area contributed by atoms with Crippen molar-refractivity contribution in [3.05, 3.63) is 29.3 Å². The van der Waals surface area contributed by atoms with Crippen molar-refractivity contribution >= 4 is 24.0 Å². The number of benzene rings is 1. The fourth-order valence-electron chi connectivity index (χ4n) is 3.31. The minimum atomic E-state index is 0. The van der Waals surface area contributed by atoms with Crippen LogP contribution in [0.3, 0.4) is 0 Å². The summed E-state index contributed by atoms with van der Waals surface area (Å²) in [6.45, 7) is 4.08. The van der Waals surface area contributed by atoms with Crippen molar-refractivity contribution in [3.8, 4) is 0 Å². The molecule has 1 aromatic carbocycles. The zero-order chi connectivity index (χ0) is 14.0. The highest BCUT2D eigenvalue weighted by atomic mass is 35.5. The van der Waals surface area contributed by atoms with Crippen molar-refractivity contribution in [2.45, 2.75) is 45.4 Å².